The molecule has 0 spiro atoms. The van der Waals surface area contributed by atoms with E-state index in [1.807, 2.05) is 0 Å². The number of hydrogen-bond acceptors (Lipinski definition) is 8. The molecule has 2 aromatic heterocycles. The zero-order valence-electron chi connectivity index (χ0n) is 14.7. The summed E-state index contributed by atoms with van der Waals surface area (Å²) >= 11 is 0. The fourth-order valence-electron chi connectivity index (χ4n) is 3.15. The van der Waals surface area contributed by atoms with E-state index in [0.717, 1.165) is 50.0 Å². The SMILES string of the molecule is COc1ncnc(C2CC2)c1-c1ncc(C=N)c(NC2CCCCO2)n1. The van der Waals surface area contributed by atoms with Gasteiger partial charge in [-0.3, -0.25) is 0 Å². The molecule has 1 unspecified atom stereocenters. The van der Waals surface area contributed by atoms with Crippen molar-refractivity contribution in [3.63, 3.8) is 0 Å². The first-order chi connectivity index (χ1) is 12.8. The van der Waals surface area contributed by atoms with Crippen LogP contribution in [0.25, 0.3) is 11.4 Å². The Balaban J connectivity index is 1.73. The lowest BCUT2D eigenvalue weighted by Gasteiger charge is -2.24. The van der Waals surface area contributed by atoms with E-state index in [4.69, 9.17) is 14.9 Å². The Morgan fingerprint density at radius 1 is 1.23 bits per heavy atom. The third kappa shape index (κ3) is 3.37. The fourth-order valence-corrected chi connectivity index (χ4v) is 3.15. The summed E-state index contributed by atoms with van der Waals surface area (Å²) < 4.78 is 11.2. The minimum Gasteiger partial charge on any atom is -0.480 e. The lowest BCUT2D eigenvalue weighted by Crippen LogP contribution is -2.28. The highest BCUT2D eigenvalue weighted by atomic mass is 16.5. The van der Waals surface area contributed by atoms with Gasteiger partial charge in [-0.2, -0.15) is 0 Å². The van der Waals surface area contributed by atoms with Gasteiger partial charge in [0.05, 0.1) is 18.4 Å². The topological polar surface area (TPSA) is 106 Å². The Morgan fingerprint density at radius 3 is 2.81 bits per heavy atom. The van der Waals surface area contributed by atoms with Crippen molar-refractivity contribution in [2.24, 2.45) is 0 Å². The van der Waals surface area contributed by atoms with E-state index in [1.165, 1.54) is 12.5 Å². The maximum absolute atomic E-state index is 7.64. The summed E-state index contributed by atoms with van der Waals surface area (Å²) in [6.07, 6.45) is 9.63. The van der Waals surface area contributed by atoms with E-state index in [2.05, 4.69) is 25.3 Å². The van der Waals surface area contributed by atoms with Gasteiger partial charge in [-0.15, -0.1) is 0 Å². The van der Waals surface area contributed by atoms with Crippen LogP contribution in [0, 0.1) is 5.41 Å². The average molecular weight is 354 g/mol. The molecule has 0 bridgehead atoms. The molecule has 4 rings (SSSR count). The molecule has 1 aliphatic heterocycles. The van der Waals surface area contributed by atoms with E-state index in [0.29, 0.717) is 29.0 Å². The summed E-state index contributed by atoms with van der Waals surface area (Å²) in [7, 11) is 1.59. The molecule has 2 N–H and O–H groups in total. The molecule has 136 valence electrons. The second kappa shape index (κ2) is 7.33. The number of methoxy groups -OCH3 is 1. The molecule has 26 heavy (non-hydrogen) atoms. The van der Waals surface area contributed by atoms with Crippen molar-refractivity contribution in [1.82, 2.24) is 19.9 Å². The lowest BCUT2D eigenvalue weighted by atomic mass is 10.1. The molecule has 0 radical (unpaired) electrons. The number of aromatic nitrogens is 4. The molecule has 3 heterocycles. The summed E-state index contributed by atoms with van der Waals surface area (Å²) in [5.74, 6) is 1.98. The quantitative estimate of drug-likeness (QED) is 0.768. The second-order valence-electron chi connectivity index (χ2n) is 6.56. The highest BCUT2D eigenvalue weighted by Gasteiger charge is 2.31. The minimum atomic E-state index is -0.0954. The van der Waals surface area contributed by atoms with Crippen molar-refractivity contribution in [1.29, 1.82) is 5.41 Å². The standard InChI is InChI=1S/C18H22N6O2/c1-25-18-14(15(11-5-6-11)21-10-22-18)17-20-9-12(8-19)16(24-17)23-13-4-2-3-7-26-13/h8-11,13,19H,2-7H2,1H3,(H,20,23,24). The van der Waals surface area contributed by atoms with Gasteiger partial charge in [0.1, 0.15) is 23.9 Å². The summed E-state index contributed by atoms with van der Waals surface area (Å²) in [6.45, 7) is 0.738. The van der Waals surface area contributed by atoms with Crippen molar-refractivity contribution in [2.75, 3.05) is 19.0 Å². The Kier molecular flexibility index (Phi) is 4.75. The summed E-state index contributed by atoms with van der Waals surface area (Å²) in [5, 5.41) is 10.9. The Morgan fingerprint density at radius 2 is 2.12 bits per heavy atom. The van der Waals surface area contributed by atoms with E-state index in [9.17, 15) is 0 Å². The molecule has 1 aliphatic carbocycles. The third-order valence-corrected chi connectivity index (χ3v) is 4.67. The molecule has 0 amide bonds. The zero-order valence-corrected chi connectivity index (χ0v) is 14.7. The number of nitrogens with one attached hydrogen (secondary N) is 2. The number of anilines is 1. The second-order valence-corrected chi connectivity index (χ2v) is 6.56. The zero-order chi connectivity index (χ0) is 17.9. The molecular weight excluding hydrogens is 332 g/mol. The molecule has 1 saturated carbocycles. The van der Waals surface area contributed by atoms with Crippen LogP contribution >= 0.6 is 0 Å². The Hall–Kier alpha value is -2.61. The van der Waals surface area contributed by atoms with Crippen LogP contribution in [0.1, 0.15) is 49.3 Å². The summed E-state index contributed by atoms with van der Waals surface area (Å²) in [5.41, 5.74) is 2.28. The van der Waals surface area contributed by atoms with Crippen molar-refractivity contribution in [3.05, 3.63) is 23.8 Å². The van der Waals surface area contributed by atoms with Crippen molar-refractivity contribution >= 4 is 12.0 Å². The highest BCUT2D eigenvalue weighted by molar-refractivity contribution is 5.84. The van der Waals surface area contributed by atoms with Crippen LogP contribution in [-0.4, -0.2) is 46.1 Å². The molecule has 2 aliphatic rings. The fraction of sp³-hybridized carbons (Fsp3) is 0.500. The predicted molar refractivity (Wildman–Crippen MR) is 96.7 cm³/mol. The van der Waals surface area contributed by atoms with Gasteiger partial charge < -0.3 is 20.2 Å². The molecular formula is C18H22N6O2. The van der Waals surface area contributed by atoms with Crippen molar-refractivity contribution in [2.45, 2.75) is 44.2 Å². The van der Waals surface area contributed by atoms with E-state index < -0.39 is 0 Å². The first-order valence-corrected chi connectivity index (χ1v) is 8.95. The number of rotatable bonds is 6. The predicted octanol–water partition coefficient (Wildman–Crippen LogP) is 2.76. The van der Waals surface area contributed by atoms with Gasteiger partial charge in [0.25, 0.3) is 0 Å². The van der Waals surface area contributed by atoms with Gasteiger partial charge in [-0.05, 0) is 32.1 Å². The van der Waals surface area contributed by atoms with Crippen LogP contribution in [-0.2, 0) is 4.74 Å². The number of hydrogen-bond donors (Lipinski definition) is 2. The Bertz CT molecular complexity index is 802. The molecule has 8 heteroatoms. The number of nitrogens with zero attached hydrogens (tertiary/aromatic N) is 4. The van der Waals surface area contributed by atoms with Gasteiger partial charge in [0.2, 0.25) is 5.88 Å². The molecule has 8 nitrogen and oxygen atoms in total. The smallest absolute Gasteiger partial charge is 0.227 e. The average Bonchev–Trinajstić information content (AvgIpc) is 3.53. The van der Waals surface area contributed by atoms with Crippen LogP contribution < -0.4 is 10.1 Å². The van der Waals surface area contributed by atoms with Crippen LogP contribution in [0.3, 0.4) is 0 Å². The monoisotopic (exact) mass is 354 g/mol. The van der Waals surface area contributed by atoms with Crippen LogP contribution in [0.5, 0.6) is 5.88 Å². The normalized spacial score (nSPS) is 19.8. The highest BCUT2D eigenvalue weighted by Crippen LogP contribution is 2.44. The summed E-state index contributed by atoms with van der Waals surface area (Å²) in [4.78, 5) is 17.8. The van der Waals surface area contributed by atoms with Crippen LogP contribution in [0.2, 0.25) is 0 Å². The third-order valence-electron chi connectivity index (χ3n) is 4.67. The van der Waals surface area contributed by atoms with Gasteiger partial charge in [-0.1, -0.05) is 0 Å². The largest absolute Gasteiger partial charge is 0.480 e. The maximum atomic E-state index is 7.64. The van der Waals surface area contributed by atoms with Gasteiger partial charge in [0.15, 0.2) is 5.82 Å². The molecule has 2 fully saturated rings. The van der Waals surface area contributed by atoms with Gasteiger partial charge >= 0.3 is 0 Å². The summed E-state index contributed by atoms with van der Waals surface area (Å²) in [6, 6.07) is 0. The molecule has 1 atom stereocenters. The lowest BCUT2D eigenvalue weighted by molar-refractivity contribution is 0.0341. The van der Waals surface area contributed by atoms with Crippen LogP contribution in [0.15, 0.2) is 12.5 Å². The van der Waals surface area contributed by atoms with E-state index in [1.54, 1.807) is 13.3 Å². The first-order valence-electron chi connectivity index (χ1n) is 8.95. The molecule has 1 saturated heterocycles. The van der Waals surface area contributed by atoms with E-state index >= 15 is 0 Å². The van der Waals surface area contributed by atoms with Gasteiger partial charge in [0, 0.05) is 24.9 Å². The first kappa shape index (κ1) is 16.8. The maximum Gasteiger partial charge on any atom is 0.227 e. The minimum absolute atomic E-state index is 0.0954. The van der Waals surface area contributed by atoms with Crippen molar-refractivity contribution in [3.8, 4) is 17.3 Å². The van der Waals surface area contributed by atoms with E-state index in [-0.39, 0.29) is 6.23 Å². The van der Waals surface area contributed by atoms with Crippen molar-refractivity contribution < 1.29 is 9.47 Å². The molecule has 0 aromatic carbocycles. The number of ether oxygens (including phenoxy) is 2. The van der Waals surface area contributed by atoms with Crippen LogP contribution in [0.4, 0.5) is 5.82 Å². The molecule has 2 aromatic rings. The Labute approximate surface area is 151 Å². The van der Waals surface area contributed by atoms with Gasteiger partial charge in [-0.25, -0.2) is 19.9 Å².